The molecule has 24 heavy (non-hydrogen) atoms. The molecule has 0 bridgehead atoms. The van der Waals surface area contributed by atoms with Gasteiger partial charge in [0.25, 0.3) is 0 Å². The van der Waals surface area contributed by atoms with Crippen LogP contribution in [-0.2, 0) is 15.8 Å². The Morgan fingerprint density at radius 2 is 1.71 bits per heavy atom. The quantitative estimate of drug-likeness (QED) is 0.910. The molecule has 1 fully saturated rings. The Labute approximate surface area is 139 Å². The second-order valence-electron chi connectivity index (χ2n) is 6.05. The Kier molecular flexibility index (Phi) is 5.85. The maximum atomic E-state index is 12.6. The summed E-state index contributed by atoms with van der Waals surface area (Å²) in [6.07, 6.45) is 0.716. The highest BCUT2D eigenvalue weighted by atomic mass is 19.4. The molecular formula is C17H21F3N2O2. The zero-order valence-corrected chi connectivity index (χ0v) is 13.5. The van der Waals surface area contributed by atoms with E-state index in [2.05, 4.69) is 5.32 Å². The predicted molar refractivity (Wildman–Crippen MR) is 84.5 cm³/mol. The smallest absolute Gasteiger partial charge is 0.352 e. The fourth-order valence-electron chi connectivity index (χ4n) is 2.88. The summed E-state index contributed by atoms with van der Waals surface area (Å²) in [5, 5.41) is 2.90. The highest BCUT2D eigenvalue weighted by Gasteiger charge is 2.30. The standard InChI is InChI=1S/C17H21F3N2O2/c1-12(23)22(11-16(24)21-14-5-3-2-4-6-14)15-9-7-13(8-10-15)17(18,19)20/h7-10,14H,2-6,11H2,1H3,(H,21,24). The van der Waals surface area contributed by atoms with Gasteiger partial charge >= 0.3 is 6.18 Å². The van der Waals surface area contributed by atoms with Crippen LogP contribution in [0.25, 0.3) is 0 Å². The van der Waals surface area contributed by atoms with Crippen LogP contribution in [-0.4, -0.2) is 24.4 Å². The van der Waals surface area contributed by atoms with Gasteiger partial charge in [0.2, 0.25) is 11.8 Å². The van der Waals surface area contributed by atoms with E-state index in [1.165, 1.54) is 24.0 Å². The molecule has 0 saturated heterocycles. The predicted octanol–water partition coefficient (Wildman–Crippen LogP) is 3.51. The van der Waals surface area contributed by atoms with Crippen LogP contribution in [0.1, 0.15) is 44.6 Å². The van der Waals surface area contributed by atoms with Gasteiger partial charge in [0.05, 0.1) is 5.56 Å². The van der Waals surface area contributed by atoms with Gasteiger partial charge in [0, 0.05) is 18.7 Å². The van der Waals surface area contributed by atoms with E-state index in [0.29, 0.717) is 0 Å². The van der Waals surface area contributed by atoms with Crippen molar-refractivity contribution in [3.05, 3.63) is 29.8 Å². The topological polar surface area (TPSA) is 49.4 Å². The molecule has 1 aromatic rings. The molecule has 4 nitrogen and oxygen atoms in total. The van der Waals surface area contributed by atoms with Crippen molar-refractivity contribution >= 4 is 17.5 Å². The van der Waals surface area contributed by atoms with Gasteiger partial charge < -0.3 is 10.2 Å². The van der Waals surface area contributed by atoms with Gasteiger partial charge in [0.1, 0.15) is 6.54 Å². The van der Waals surface area contributed by atoms with Crippen LogP contribution in [0.2, 0.25) is 0 Å². The zero-order valence-electron chi connectivity index (χ0n) is 13.5. The number of halogens is 3. The number of rotatable bonds is 4. The number of hydrogen-bond acceptors (Lipinski definition) is 2. The maximum absolute atomic E-state index is 12.6. The van der Waals surface area contributed by atoms with Crippen molar-refractivity contribution in [1.29, 1.82) is 0 Å². The van der Waals surface area contributed by atoms with E-state index in [1.54, 1.807) is 0 Å². The Morgan fingerprint density at radius 1 is 1.12 bits per heavy atom. The molecule has 1 saturated carbocycles. The number of benzene rings is 1. The molecule has 1 aliphatic rings. The van der Waals surface area contributed by atoms with E-state index in [0.717, 1.165) is 44.2 Å². The largest absolute Gasteiger partial charge is 0.416 e. The molecule has 0 aromatic heterocycles. The number of alkyl halides is 3. The summed E-state index contributed by atoms with van der Waals surface area (Å²) < 4.78 is 37.8. The van der Waals surface area contributed by atoms with Crippen LogP contribution in [0, 0.1) is 0 Å². The molecule has 1 aromatic carbocycles. The molecule has 0 spiro atoms. The van der Waals surface area contributed by atoms with Crippen molar-refractivity contribution in [2.45, 2.75) is 51.2 Å². The number of carbonyl (C=O) groups excluding carboxylic acids is 2. The van der Waals surface area contributed by atoms with Crippen LogP contribution in [0.5, 0.6) is 0 Å². The number of hydrogen-bond donors (Lipinski definition) is 1. The van der Waals surface area contributed by atoms with Crippen LogP contribution in [0.4, 0.5) is 18.9 Å². The van der Waals surface area contributed by atoms with Crippen LogP contribution in [0.3, 0.4) is 0 Å². The van der Waals surface area contributed by atoms with Crippen molar-refractivity contribution in [3.8, 4) is 0 Å². The molecule has 0 aliphatic heterocycles. The normalized spacial score (nSPS) is 15.8. The first-order valence-electron chi connectivity index (χ1n) is 8.02. The first-order chi connectivity index (χ1) is 11.3. The minimum Gasteiger partial charge on any atom is -0.352 e. The number of anilines is 1. The third kappa shape index (κ3) is 4.97. The summed E-state index contributed by atoms with van der Waals surface area (Å²) >= 11 is 0. The van der Waals surface area contributed by atoms with E-state index in [-0.39, 0.29) is 24.2 Å². The van der Waals surface area contributed by atoms with Gasteiger partial charge in [-0.3, -0.25) is 9.59 Å². The van der Waals surface area contributed by atoms with Gasteiger partial charge in [-0.1, -0.05) is 19.3 Å². The van der Waals surface area contributed by atoms with Crippen LogP contribution >= 0.6 is 0 Å². The molecule has 1 N–H and O–H groups in total. The molecule has 2 rings (SSSR count). The van der Waals surface area contributed by atoms with Gasteiger partial charge in [-0.15, -0.1) is 0 Å². The third-order valence-electron chi connectivity index (χ3n) is 4.16. The Bertz CT molecular complexity index is 578. The average molecular weight is 342 g/mol. The van der Waals surface area contributed by atoms with E-state index in [1.807, 2.05) is 0 Å². The second-order valence-corrected chi connectivity index (χ2v) is 6.05. The monoisotopic (exact) mass is 342 g/mol. The summed E-state index contributed by atoms with van der Waals surface area (Å²) in [7, 11) is 0. The lowest BCUT2D eigenvalue weighted by Gasteiger charge is -2.25. The molecule has 1 aliphatic carbocycles. The van der Waals surface area contributed by atoms with Crippen molar-refractivity contribution in [3.63, 3.8) is 0 Å². The van der Waals surface area contributed by atoms with Crippen LogP contribution < -0.4 is 10.2 Å². The summed E-state index contributed by atoms with van der Waals surface area (Å²) in [5.41, 5.74) is -0.518. The highest BCUT2D eigenvalue weighted by Crippen LogP contribution is 2.30. The second kappa shape index (κ2) is 7.68. The van der Waals surface area contributed by atoms with Gasteiger partial charge in [-0.25, -0.2) is 0 Å². The summed E-state index contributed by atoms with van der Waals surface area (Å²) in [6.45, 7) is 1.09. The minimum absolute atomic E-state index is 0.118. The molecular weight excluding hydrogens is 321 g/mol. The van der Waals surface area contributed by atoms with E-state index in [9.17, 15) is 22.8 Å². The lowest BCUT2D eigenvalue weighted by molar-refractivity contribution is -0.137. The van der Waals surface area contributed by atoms with Crippen molar-refractivity contribution in [2.24, 2.45) is 0 Å². The van der Waals surface area contributed by atoms with Gasteiger partial charge in [-0.05, 0) is 37.1 Å². The molecule has 0 heterocycles. The molecule has 0 radical (unpaired) electrons. The lowest BCUT2D eigenvalue weighted by atomic mass is 9.95. The summed E-state index contributed by atoms with van der Waals surface area (Å²) in [6, 6.07) is 4.35. The highest BCUT2D eigenvalue weighted by molar-refractivity contribution is 5.97. The number of nitrogens with zero attached hydrogens (tertiary/aromatic N) is 1. The van der Waals surface area contributed by atoms with E-state index >= 15 is 0 Å². The minimum atomic E-state index is -4.43. The van der Waals surface area contributed by atoms with E-state index < -0.39 is 17.6 Å². The first-order valence-corrected chi connectivity index (χ1v) is 8.02. The molecule has 2 amide bonds. The summed E-state index contributed by atoms with van der Waals surface area (Å²) in [5.74, 6) is -0.689. The van der Waals surface area contributed by atoms with Crippen molar-refractivity contribution < 1.29 is 22.8 Å². The Morgan fingerprint density at radius 3 is 2.21 bits per heavy atom. The lowest BCUT2D eigenvalue weighted by Crippen LogP contribution is -2.44. The van der Waals surface area contributed by atoms with E-state index in [4.69, 9.17) is 0 Å². The SMILES string of the molecule is CC(=O)N(CC(=O)NC1CCCCC1)c1ccc(C(F)(F)F)cc1. The van der Waals surface area contributed by atoms with Gasteiger partial charge in [0.15, 0.2) is 0 Å². The first kappa shape index (κ1) is 18.3. The number of carbonyl (C=O) groups is 2. The Hall–Kier alpha value is -2.05. The zero-order chi connectivity index (χ0) is 17.7. The third-order valence-corrected chi connectivity index (χ3v) is 4.16. The average Bonchev–Trinajstić information content (AvgIpc) is 2.52. The Balaban J connectivity index is 2.03. The number of nitrogens with one attached hydrogen (secondary N) is 1. The van der Waals surface area contributed by atoms with Crippen molar-refractivity contribution in [2.75, 3.05) is 11.4 Å². The fourth-order valence-corrected chi connectivity index (χ4v) is 2.88. The van der Waals surface area contributed by atoms with Crippen molar-refractivity contribution in [1.82, 2.24) is 5.32 Å². The molecule has 132 valence electrons. The fraction of sp³-hybridized carbons (Fsp3) is 0.529. The maximum Gasteiger partial charge on any atom is 0.416 e. The molecule has 0 atom stereocenters. The van der Waals surface area contributed by atoms with Gasteiger partial charge in [-0.2, -0.15) is 13.2 Å². The number of amides is 2. The molecule has 0 unspecified atom stereocenters. The molecule has 7 heteroatoms. The summed E-state index contributed by atoms with van der Waals surface area (Å²) in [4.78, 5) is 25.1. The van der Waals surface area contributed by atoms with Crippen LogP contribution in [0.15, 0.2) is 24.3 Å².